The Balaban J connectivity index is 1.45. The Morgan fingerprint density at radius 1 is 0.964 bits per heavy atom. The molecule has 0 aliphatic carbocycles. The Labute approximate surface area is 163 Å². The van der Waals surface area contributed by atoms with E-state index < -0.39 is 0 Å². The van der Waals surface area contributed by atoms with Crippen molar-refractivity contribution in [3.05, 3.63) is 64.6 Å². The van der Waals surface area contributed by atoms with Crippen LogP contribution in [0, 0.1) is 0 Å². The molecule has 0 bridgehead atoms. The van der Waals surface area contributed by atoms with Crippen LogP contribution in [-0.2, 0) is 13.5 Å². The smallest absolute Gasteiger partial charge is 0.189 e. The largest absolute Gasteiger partial charge is 0.486 e. The number of aryl methyl sites for hydroxylation is 2. The van der Waals surface area contributed by atoms with Crippen LogP contribution in [0.25, 0.3) is 17.1 Å². The Bertz CT molecular complexity index is 1190. The van der Waals surface area contributed by atoms with Crippen LogP contribution in [-0.4, -0.2) is 22.8 Å². The van der Waals surface area contributed by atoms with Crippen LogP contribution in [0.3, 0.4) is 0 Å². The summed E-state index contributed by atoms with van der Waals surface area (Å²) in [6.07, 6.45) is 8.30. The predicted molar refractivity (Wildman–Crippen MR) is 109 cm³/mol. The second-order valence-electron chi connectivity index (χ2n) is 7.19. The van der Waals surface area contributed by atoms with E-state index in [1.807, 2.05) is 12.1 Å². The van der Waals surface area contributed by atoms with Gasteiger partial charge in [-0.3, -0.25) is 4.99 Å². The number of aromatic nitrogens is 2. The molecule has 2 aliphatic rings. The van der Waals surface area contributed by atoms with Crippen LogP contribution >= 0.6 is 0 Å². The molecular weight excluding hydrogens is 350 g/mol. The van der Waals surface area contributed by atoms with Gasteiger partial charge < -0.3 is 14.0 Å². The van der Waals surface area contributed by atoms with Crippen molar-refractivity contribution in [3.8, 4) is 11.5 Å². The first kappa shape index (κ1) is 17.0. The zero-order chi connectivity index (χ0) is 18.9. The molecule has 5 heteroatoms. The van der Waals surface area contributed by atoms with Gasteiger partial charge in [-0.25, -0.2) is 4.98 Å². The standard InChI is InChI=1S/C23H23N3O2/c1-26-19-11-12-20-23(28-15-14-27-20)22(19)25-21(26)13-10-17-8-4-2-6-16-7-3-5-9-18(16)24-17/h3,5-9,11-12H,2,4,10,13-15H2,1H3/b16-6-,17-8?,24-18?. The maximum Gasteiger partial charge on any atom is 0.189 e. The van der Waals surface area contributed by atoms with Crippen LogP contribution < -0.4 is 20.0 Å². The lowest BCUT2D eigenvalue weighted by Crippen LogP contribution is -2.24. The Morgan fingerprint density at radius 2 is 1.82 bits per heavy atom. The summed E-state index contributed by atoms with van der Waals surface area (Å²) in [7, 11) is 2.06. The van der Waals surface area contributed by atoms with Gasteiger partial charge in [-0.05, 0) is 42.7 Å². The highest BCUT2D eigenvalue weighted by Gasteiger charge is 2.19. The highest BCUT2D eigenvalue weighted by molar-refractivity contribution is 5.85. The molecule has 2 aromatic carbocycles. The van der Waals surface area contributed by atoms with Gasteiger partial charge in [0.15, 0.2) is 11.5 Å². The van der Waals surface area contributed by atoms with E-state index in [0.29, 0.717) is 13.2 Å². The molecule has 0 atom stereocenters. The first-order chi connectivity index (χ1) is 13.8. The van der Waals surface area contributed by atoms with Crippen molar-refractivity contribution in [2.45, 2.75) is 25.7 Å². The SMILES string of the molecule is Cn1c(CCC2=CCC/C=c3/ccccc3=N2)nc2c3c(ccc21)OCCO3. The van der Waals surface area contributed by atoms with E-state index in [9.17, 15) is 0 Å². The molecule has 0 N–H and O–H groups in total. The molecule has 28 heavy (non-hydrogen) atoms. The van der Waals surface area contributed by atoms with Gasteiger partial charge in [0.1, 0.15) is 24.6 Å². The summed E-state index contributed by atoms with van der Waals surface area (Å²) >= 11 is 0. The van der Waals surface area contributed by atoms with Gasteiger partial charge in [-0.1, -0.05) is 30.4 Å². The van der Waals surface area contributed by atoms with Gasteiger partial charge in [0.05, 0.1) is 10.9 Å². The van der Waals surface area contributed by atoms with Gasteiger partial charge in [0.25, 0.3) is 0 Å². The van der Waals surface area contributed by atoms with Crippen molar-refractivity contribution in [1.29, 1.82) is 0 Å². The Kier molecular flexibility index (Phi) is 4.35. The van der Waals surface area contributed by atoms with Crippen LogP contribution in [0.1, 0.15) is 25.1 Å². The normalized spacial score (nSPS) is 16.9. The lowest BCUT2D eigenvalue weighted by Gasteiger charge is -2.18. The summed E-state index contributed by atoms with van der Waals surface area (Å²) < 4.78 is 13.7. The number of ether oxygens (including phenoxy) is 2. The van der Waals surface area contributed by atoms with Crippen molar-refractivity contribution in [2.75, 3.05) is 13.2 Å². The van der Waals surface area contributed by atoms with Crippen molar-refractivity contribution in [1.82, 2.24) is 9.55 Å². The second-order valence-corrected chi connectivity index (χ2v) is 7.19. The molecule has 0 fully saturated rings. The number of benzene rings is 2. The first-order valence-corrected chi connectivity index (χ1v) is 9.86. The van der Waals surface area contributed by atoms with E-state index in [2.05, 4.69) is 48.0 Å². The zero-order valence-corrected chi connectivity index (χ0v) is 16.0. The lowest BCUT2D eigenvalue weighted by molar-refractivity contribution is 0.173. The topological polar surface area (TPSA) is 48.6 Å². The third-order valence-corrected chi connectivity index (χ3v) is 5.37. The van der Waals surface area contributed by atoms with Gasteiger partial charge in [-0.15, -0.1) is 0 Å². The van der Waals surface area contributed by atoms with Crippen LogP contribution in [0.2, 0.25) is 0 Å². The minimum absolute atomic E-state index is 0.570. The van der Waals surface area contributed by atoms with E-state index >= 15 is 0 Å². The molecule has 0 spiro atoms. The monoisotopic (exact) mass is 373 g/mol. The van der Waals surface area contributed by atoms with Crippen LogP contribution in [0.15, 0.2) is 53.2 Å². The quantitative estimate of drug-likeness (QED) is 0.709. The molecule has 0 saturated heterocycles. The van der Waals surface area contributed by atoms with Crippen LogP contribution in [0.4, 0.5) is 0 Å². The predicted octanol–water partition coefficient (Wildman–Crippen LogP) is 3.06. The molecule has 3 heterocycles. The average molecular weight is 373 g/mol. The third kappa shape index (κ3) is 3.07. The van der Waals surface area contributed by atoms with E-state index in [1.54, 1.807) is 0 Å². The summed E-state index contributed by atoms with van der Waals surface area (Å²) in [5.74, 6) is 2.59. The molecule has 2 aliphatic heterocycles. The molecular formula is C23H23N3O2. The van der Waals surface area contributed by atoms with Crippen molar-refractivity contribution < 1.29 is 9.47 Å². The highest BCUT2D eigenvalue weighted by Crippen LogP contribution is 2.37. The fourth-order valence-electron chi connectivity index (χ4n) is 3.89. The number of allylic oxidation sites excluding steroid dienone is 2. The Hall–Kier alpha value is -3.08. The number of imidazole rings is 1. The van der Waals surface area contributed by atoms with Crippen molar-refractivity contribution in [2.24, 2.45) is 12.0 Å². The number of rotatable bonds is 3. The number of hydrogen-bond acceptors (Lipinski definition) is 4. The summed E-state index contributed by atoms with van der Waals surface area (Å²) in [6.45, 7) is 1.16. The number of fused-ring (bicyclic) bond motifs is 4. The van der Waals surface area contributed by atoms with E-state index in [4.69, 9.17) is 19.5 Å². The molecule has 0 amide bonds. The molecule has 5 rings (SSSR count). The molecule has 0 unspecified atom stereocenters. The molecule has 142 valence electrons. The molecule has 3 aromatic rings. The summed E-state index contributed by atoms with van der Waals surface area (Å²) in [5.41, 5.74) is 3.09. The third-order valence-electron chi connectivity index (χ3n) is 5.37. The molecule has 5 nitrogen and oxygen atoms in total. The van der Waals surface area contributed by atoms with E-state index in [1.165, 1.54) is 5.22 Å². The Morgan fingerprint density at radius 3 is 2.79 bits per heavy atom. The minimum atomic E-state index is 0.570. The lowest BCUT2D eigenvalue weighted by atomic mass is 10.1. The molecule has 0 radical (unpaired) electrons. The molecule has 0 saturated carbocycles. The first-order valence-electron chi connectivity index (χ1n) is 9.86. The zero-order valence-electron chi connectivity index (χ0n) is 16.0. The maximum atomic E-state index is 5.83. The van der Waals surface area contributed by atoms with Gasteiger partial charge in [0.2, 0.25) is 0 Å². The number of hydrogen-bond donors (Lipinski definition) is 0. The highest BCUT2D eigenvalue weighted by atomic mass is 16.6. The van der Waals surface area contributed by atoms with Crippen LogP contribution in [0.5, 0.6) is 11.5 Å². The van der Waals surface area contributed by atoms with Crippen molar-refractivity contribution in [3.63, 3.8) is 0 Å². The maximum absolute atomic E-state index is 5.83. The number of nitrogens with zero attached hydrogens (tertiary/aromatic N) is 3. The van der Waals surface area contributed by atoms with Gasteiger partial charge in [-0.2, -0.15) is 0 Å². The molecule has 1 aromatic heterocycles. The average Bonchev–Trinajstić information content (AvgIpc) is 3.04. The summed E-state index contributed by atoms with van der Waals surface area (Å²) in [4.78, 5) is 9.80. The summed E-state index contributed by atoms with van der Waals surface area (Å²) in [6, 6.07) is 12.4. The van der Waals surface area contributed by atoms with Gasteiger partial charge >= 0.3 is 0 Å². The fraction of sp³-hybridized carbons (Fsp3) is 0.304. The minimum Gasteiger partial charge on any atom is -0.486 e. The van der Waals surface area contributed by atoms with E-state index in [0.717, 1.165) is 65.1 Å². The second kappa shape index (κ2) is 7.15. The fourth-order valence-corrected chi connectivity index (χ4v) is 3.89. The van der Waals surface area contributed by atoms with Gasteiger partial charge in [0, 0.05) is 19.2 Å². The van der Waals surface area contributed by atoms with Crippen molar-refractivity contribution >= 4 is 17.1 Å². The number of para-hydroxylation sites is 1. The summed E-state index contributed by atoms with van der Waals surface area (Å²) in [5, 5.41) is 2.28. The van der Waals surface area contributed by atoms with E-state index in [-0.39, 0.29) is 0 Å².